The van der Waals surface area contributed by atoms with Gasteiger partial charge in [-0.1, -0.05) is 0 Å². The molecule has 0 amide bonds. The first-order valence-corrected chi connectivity index (χ1v) is 6.76. The molecule has 0 aliphatic carbocycles. The summed E-state index contributed by atoms with van der Waals surface area (Å²) in [5.41, 5.74) is 14.4. The summed E-state index contributed by atoms with van der Waals surface area (Å²) in [4.78, 5) is 8.40. The highest BCUT2D eigenvalue weighted by Gasteiger charge is 1.99. The van der Waals surface area contributed by atoms with Crippen LogP contribution in [0.3, 0.4) is 0 Å². The molecule has 2 aromatic heterocycles. The van der Waals surface area contributed by atoms with Crippen molar-refractivity contribution in [2.24, 2.45) is 0 Å². The van der Waals surface area contributed by atoms with Gasteiger partial charge in [-0.15, -0.1) is 0 Å². The molecule has 0 spiro atoms. The van der Waals surface area contributed by atoms with Crippen LogP contribution in [-0.2, 0) is 0 Å². The average Bonchev–Trinajstić information content (AvgIpc) is 2.54. The van der Waals surface area contributed by atoms with Crippen molar-refractivity contribution in [1.29, 1.82) is 0 Å². The lowest BCUT2D eigenvalue weighted by molar-refractivity contribution is 1.30. The van der Waals surface area contributed by atoms with E-state index in [1.54, 1.807) is 24.5 Å². The Bertz CT molecular complexity index is 669. The maximum atomic E-state index is 5.61. The molecule has 0 saturated carbocycles. The highest BCUT2D eigenvalue weighted by Crippen LogP contribution is 2.20. The smallest absolute Gasteiger partial charge is 0.130 e. The molecule has 0 radical (unpaired) electrons. The molecule has 0 atom stereocenters. The summed E-state index contributed by atoms with van der Waals surface area (Å²) in [7, 11) is 0. The minimum Gasteiger partial charge on any atom is -0.397 e. The number of benzene rings is 1. The van der Waals surface area contributed by atoms with Crippen LogP contribution in [-0.4, -0.2) is 9.97 Å². The highest BCUT2D eigenvalue weighted by atomic mass is 15.0. The Morgan fingerprint density at radius 2 is 1.00 bits per heavy atom. The zero-order valence-corrected chi connectivity index (χ0v) is 11.8. The Morgan fingerprint density at radius 3 is 1.32 bits per heavy atom. The largest absolute Gasteiger partial charge is 0.397 e. The minimum absolute atomic E-state index is 0.640. The van der Waals surface area contributed by atoms with Gasteiger partial charge in [0, 0.05) is 11.4 Å². The molecular weight excluding hydrogens is 276 g/mol. The van der Waals surface area contributed by atoms with Gasteiger partial charge >= 0.3 is 0 Å². The number of hydrogen-bond donors (Lipinski definition) is 4. The topological polar surface area (TPSA) is 102 Å². The molecule has 0 aliphatic heterocycles. The van der Waals surface area contributed by atoms with E-state index in [1.165, 1.54) is 0 Å². The summed E-state index contributed by atoms with van der Waals surface area (Å²) in [6, 6.07) is 15.1. The van der Waals surface area contributed by atoms with Crippen LogP contribution in [0.25, 0.3) is 0 Å². The van der Waals surface area contributed by atoms with Gasteiger partial charge in [0.1, 0.15) is 11.6 Å². The summed E-state index contributed by atoms with van der Waals surface area (Å²) in [5, 5.41) is 6.41. The van der Waals surface area contributed by atoms with Crippen molar-refractivity contribution >= 4 is 34.4 Å². The number of nitrogens with zero attached hydrogens (tertiary/aromatic N) is 2. The molecule has 0 aliphatic rings. The van der Waals surface area contributed by atoms with E-state index >= 15 is 0 Å². The predicted octanol–water partition coefficient (Wildman–Crippen LogP) is 3.13. The molecular formula is C16H16N6. The van der Waals surface area contributed by atoms with Gasteiger partial charge in [0.25, 0.3) is 0 Å². The Hall–Kier alpha value is -3.28. The highest BCUT2D eigenvalue weighted by molar-refractivity contribution is 5.64. The Balaban J connectivity index is 1.67. The van der Waals surface area contributed by atoms with Crippen LogP contribution >= 0.6 is 0 Å². The van der Waals surface area contributed by atoms with Crippen LogP contribution in [0.15, 0.2) is 60.9 Å². The third-order valence-electron chi connectivity index (χ3n) is 3.00. The standard InChI is InChI=1S/C16H16N6/c17-11-1-7-15(19-9-11)21-13-3-5-14(6-4-13)22-16-8-2-12(18)10-20-16/h1-10H,17-18H2,(H,19,21)(H,20,22). The molecule has 0 unspecified atom stereocenters. The van der Waals surface area contributed by atoms with Gasteiger partial charge in [-0.05, 0) is 48.5 Å². The second-order valence-corrected chi connectivity index (χ2v) is 4.78. The first-order valence-electron chi connectivity index (χ1n) is 6.76. The van der Waals surface area contributed by atoms with Crippen molar-refractivity contribution in [3.05, 3.63) is 60.9 Å². The lowest BCUT2D eigenvalue weighted by Gasteiger charge is -2.08. The second kappa shape index (κ2) is 6.01. The number of nitrogens with one attached hydrogen (secondary N) is 2. The third-order valence-corrected chi connectivity index (χ3v) is 3.00. The molecule has 2 heterocycles. The molecule has 3 rings (SSSR count). The van der Waals surface area contributed by atoms with Gasteiger partial charge in [0.15, 0.2) is 0 Å². The molecule has 0 bridgehead atoms. The van der Waals surface area contributed by atoms with E-state index in [2.05, 4.69) is 20.6 Å². The molecule has 0 saturated heterocycles. The number of nitrogen functional groups attached to an aromatic ring is 2. The SMILES string of the molecule is Nc1ccc(Nc2ccc(Nc3ccc(N)cn3)cc2)nc1. The molecule has 0 fully saturated rings. The predicted molar refractivity (Wildman–Crippen MR) is 90.3 cm³/mol. The lowest BCUT2D eigenvalue weighted by Crippen LogP contribution is -1.96. The van der Waals surface area contributed by atoms with Crippen LogP contribution < -0.4 is 22.1 Å². The van der Waals surface area contributed by atoms with Crippen molar-refractivity contribution in [2.45, 2.75) is 0 Å². The van der Waals surface area contributed by atoms with Gasteiger partial charge in [-0.2, -0.15) is 0 Å². The van der Waals surface area contributed by atoms with E-state index in [-0.39, 0.29) is 0 Å². The molecule has 6 N–H and O–H groups in total. The molecule has 6 heteroatoms. The van der Waals surface area contributed by atoms with Gasteiger partial charge in [-0.25, -0.2) is 9.97 Å². The fourth-order valence-corrected chi connectivity index (χ4v) is 1.89. The van der Waals surface area contributed by atoms with Crippen LogP contribution in [0.5, 0.6) is 0 Å². The summed E-state index contributed by atoms with van der Waals surface area (Å²) < 4.78 is 0. The zero-order valence-electron chi connectivity index (χ0n) is 11.8. The first kappa shape index (κ1) is 13.7. The average molecular weight is 292 g/mol. The lowest BCUT2D eigenvalue weighted by atomic mass is 10.2. The first-order chi connectivity index (χ1) is 10.7. The van der Waals surface area contributed by atoms with E-state index in [1.807, 2.05) is 36.4 Å². The Kier molecular flexibility index (Phi) is 3.74. The third kappa shape index (κ3) is 3.43. The summed E-state index contributed by atoms with van der Waals surface area (Å²) in [5.74, 6) is 1.49. The normalized spacial score (nSPS) is 10.2. The van der Waals surface area contributed by atoms with Gasteiger partial charge < -0.3 is 22.1 Å². The summed E-state index contributed by atoms with van der Waals surface area (Å²) >= 11 is 0. The van der Waals surface area contributed by atoms with Crippen LogP contribution in [0.1, 0.15) is 0 Å². The summed E-state index contributed by atoms with van der Waals surface area (Å²) in [6.45, 7) is 0. The Labute approximate surface area is 128 Å². The van der Waals surface area contributed by atoms with Crippen LogP contribution in [0.4, 0.5) is 34.4 Å². The molecule has 110 valence electrons. The number of rotatable bonds is 4. The van der Waals surface area contributed by atoms with E-state index in [0.29, 0.717) is 11.4 Å². The molecule has 3 aromatic rings. The van der Waals surface area contributed by atoms with Crippen molar-refractivity contribution in [3.8, 4) is 0 Å². The molecule has 6 nitrogen and oxygen atoms in total. The number of aromatic nitrogens is 2. The van der Waals surface area contributed by atoms with Crippen molar-refractivity contribution < 1.29 is 0 Å². The van der Waals surface area contributed by atoms with Gasteiger partial charge in [0.05, 0.1) is 23.8 Å². The van der Waals surface area contributed by atoms with Crippen molar-refractivity contribution in [1.82, 2.24) is 9.97 Å². The van der Waals surface area contributed by atoms with Crippen molar-refractivity contribution in [2.75, 3.05) is 22.1 Å². The maximum Gasteiger partial charge on any atom is 0.130 e. The van der Waals surface area contributed by atoms with E-state index in [9.17, 15) is 0 Å². The van der Waals surface area contributed by atoms with Crippen LogP contribution in [0, 0.1) is 0 Å². The molecule has 1 aromatic carbocycles. The number of hydrogen-bond acceptors (Lipinski definition) is 6. The van der Waals surface area contributed by atoms with Gasteiger partial charge in [0.2, 0.25) is 0 Å². The maximum absolute atomic E-state index is 5.61. The van der Waals surface area contributed by atoms with E-state index in [0.717, 1.165) is 23.0 Å². The summed E-state index contributed by atoms with van der Waals surface area (Å²) in [6.07, 6.45) is 3.23. The van der Waals surface area contributed by atoms with E-state index in [4.69, 9.17) is 11.5 Å². The fraction of sp³-hybridized carbons (Fsp3) is 0. The Morgan fingerprint density at radius 1 is 0.591 bits per heavy atom. The number of nitrogens with two attached hydrogens (primary N) is 2. The minimum atomic E-state index is 0.640. The number of pyridine rings is 2. The van der Waals surface area contributed by atoms with Crippen molar-refractivity contribution in [3.63, 3.8) is 0 Å². The quantitative estimate of drug-likeness (QED) is 0.589. The number of anilines is 6. The van der Waals surface area contributed by atoms with E-state index < -0.39 is 0 Å². The fourth-order valence-electron chi connectivity index (χ4n) is 1.89. The monoisotopic (exact) mass is 292 g/mol. The zero-order chi connectivity index (χ0) is 15.4. The second-order valence-electron chi connectivity index (χ2n) is 4.78. The van der Waals surface area contributed by atoms with Gasteiger partial charge in [-0.3, -0.25) is 0 Å². The molecule has 22 heavy (non-hydrogen) atoms. The van der Waals surface area contributed by atoms with Crippen LogP contribution in [0.2, 0.25) is 0 Å².